The van der Waals surface area contributed by atoms with Gasteiger partial charge in [-0.3, -0.25) is 14.6 Å². The summed E-state index contributed by atoms with van der Waals surface area (Å²) >= 11 is 1.24. The number of carbonyl (C=O) groups is 2. The summed E-state index contributed by atoms with van der Waals surface area (Å²) in [7, 11) is 0. The molecule has 0 bridgehead atoms. The van der Waals surface area contributed by atoms with E-state index in [0.29, 0.717) is 23.8 Å². The van der Waals surface area contributed by atoms with Crippen molar-refractivity contribution in [3.63, 3.8) is 0 Å². The lowest BCUT2D eigenvalue weighted by Crippen LogP contribution is -2.23. The van der Waals surface area contributed by atoms with Gasteiger partial charge in [0.25, 0.3) is 5.91 Å². The average molecular weight is 318 g/mol. The minimum atomic E-state index is -0.274. The second kappa shape index (κ2) is 7.65. The Kier molecular flexibility index (Phi) is 5.60. The van der Waals surface area contributed by atoms with Gasteiger partial charge in [-0.25, -0.2) is 4.98 Å². The van der Waals surface area contributed by atoms with Crippen LogP contribution in [0.25, 0.3) is 0 Å². The summed E-state index contributed by atoms with van der Waals surface area (Å²) in [6.07, 6.45) is 3.80. The summed E-state index contributed by atoms with van der Waals surface area (Å²) in [5.74, 6) is -0.0849. The molecule has 2 amide bonds. The van der Waals surface area contributed by atoms with E-state index in [9.17, 15) is 9.59 Å². The number of anilines is 1. The zero-order chi connectivity index (χ0) is 15.9. The Balaban J connectivity index is 1.87. The second-order valence-corrected chi connectivity index (χ2v) is 6.09. The molecule has 0 spiro atoms. The molecule has 0 aliphatic rings. The summed E-state index contributed by atoms with van der Waals surface area (Å²) < 4.78 is 0. The van der Waals surface area contributed by atoms with Crippen LogP contribution in [0, 0.1) is 5.92 Å². The molecule has 2 aromatic heterocycles. The lowest BCUT2D eigenvalue weighted by molar-refractivity contribution is -0.116. The highest BCUT2D eigenvalue weighted by molar-refractivity contribution is 7.14. The van der Waals surface area contributed by atoms with E-state index in [2.05, 4.69) is 20.6 Å². The highest BCUT2D eigenvalue weighted by atomic mass is 32.1. The lowest BCUT2D eigenvalue weighted by atomic mass is 10.1. The van der Waals surface area contributed by atoms with Crippen molar-refractivity contribution >= 4 is 28.3 Å². The molecule has 7 heteroatoms. The number of nitrogens with zero attached hydrogens (tertiary/aromatic N) is 2. The van der Waals surface area contributed by atoms with Gasteiger partial charge in [0.05, 0.1) is 0 Å². The summed E-state index contributed by atoms with van der Waals surface area (Å²) in [4.78, 5) is 31.8. The molecular weight excluding hydrogens is 300 g/mol. The fraction of sp³-hybridized carbons (Fsp3) is 0.333. The van der Waals surface area contributed by atoms with Crippen LogP contribution in [0.1, 0.15) is 36.3 Å². The molecular formula is C15H18N4O2S. The molecule has 0 unspecified atom stereocenters. The van der Waals surface area contributed by atoms with Gasteiger partial charge in [0, 0.05) is 30.7 Å². The topological polar surface area (TPSA) is 84.0 Å². The lowest BCUT2D eigenvalue weighted by Gasteiger charge is -2.04. The van der Waals surface area contributed by atoms with Crippen LogP contribution in [-0.4, -0.2) is 21.8 Å². The first-order valence-electron chi connectivity index (χ1n) is 6.97. The van der Waals surface area contributed by atoms with Gasteiger partial charge in [-0.1, -0.05) is 19.9 Å². The third-order valence-electron chi connectivity index (χ3n) is 2.75. The number of aromatic nitrogens is 2. The van der Waals surface area contributed by atoms with Gasteiger partial charge in [-0.15, -0.1) is 11.3 Å². The maximum Gasteiger partial charge on any atom is 0.271 e. The number of hydrogen-bond acceptors (Lipinski definition) is 5. The van der Waals surface area contributed by atoms with E-state index in [-0.39, 0.29) is 17.7 Å². The van der Waals surface area contributed by atoms with Gasteiger partial charge in [0.2, 0.25) is 5.91 Å². The summed E-state index contributed by atoms with van der Waals surface area (Å²) in [6, 6.07) is 3.69. The van der Waals surface area contributed by atoms with Crippen LogP contribution in [0.4, 0.5) is 5.13 Å². The van der Waals surface area contributed by atoms with Gasteiger partial charge < -0.3 is 10.6 Å². The molecule has 2 aromatic rings. The zero-order valence-corrected chi connectivity index (χ0v) is 13.3. The van der Waals surface area contributed by atoms with E-state index in [4.69, 9.17) is 0 Å². The fourth-order valence-corrected chi connectivity index (χ4v) is 2.46. The first kappa shape index (κ1) is 16.1. The van der Waals surface area contributed by atoms with E-state index in [1.807, 2.05) is 26.0 Å². The average Bonchev–Trinajstić information content (AvgIpc) is 2.93. The minimum absolute atomic E-state index is 0.0910. The van der Waals surface area contributed by atoms with E-state index < -0.39 is 0 Å². The van der Waals surface area contributed by atoms with Crippen LogP contribution in [0.15, 0.2) is 29.9 Å². The van der Waals surface area contributed by atoms with Crippen molar-refractivity contribution in [2.75, 3.05) is 5.32 Å². The van der Waals surface area contributed by atoms with Crippen LogP contribution < -0.4 is 10.6 Å². The van der Waals surface area contributed by atoms with Crippen LogP contribution >= 0.6 is 11.3 Å². The Morgan fingerprint density at radius 1 is 1.36 bits per heavy atom. The van der Waals surface area contributed by atoms with Crippen molar-refractivity contribution < 1.29 is 9.59 Å². The van der Waals surface area contributed by atoms with Crippen LogP contribution in [0.2, 0.25) is 0 Å². The maximum absolute atomic E-state index is 12.0. The van der Waals surface area contributed by atoms with Crippen molar-refractivity contribution in [3.05, 3.63) is 41.2 Å². The van der Waals surface area contributed by atoms with Gasteiger partial charge in [0.15, 0.2) is 5.13 Å². The highest BCUT2D eigenvalue weighted by Gasteiger charge is 2.12. The zero-order valence-electron chi connectivity index (χ0n) is 12.5. The number of hydrogen-bond donors (Lipinski definition) is 2. The first-order valence-corrected chi connectivity index (χ1v) is 7.85. The molecule has 0 saturated carbocycles. The normalized spacial score (nSPS) is 10.5. The van der Waals surface area contributed by atoms with E-state index in [1.54, 1.807) is 17.8 Å². The number of nitrogens with one attached hydrogen (secondary N) is 2. The van der Waals surface area contributed by atoms with Crippen LogP contribution in [-0.2, 0) is 11.3 Å². The molecule has 0 atom stereocenters. The number of amides is 2. The van der Waals surface area contributed by atoms with Gasteiger partial charge in [-0.05, 0) is 17.5 Å². The molecule has 0 saturated heterocycles. The fourth-order valence-electron chi connectivity index (χ4n) is 1.75. The second-order valence-electron chi connectivity index (χ2n) is 5.23. The third kappa shape index (κ3) is 4.92. The summed E-state index contributed by atoms with van der Waals surface area (Å²) in [5.41, 5.74) is 1.21. The molecule has 2 N–H and O–H groups in total. The highest BCUT2D eigenvalue weighted by Crippen LogP contribution is 2.16. The van der Waals surface area contributed by atoms with E-state index >= 15 is 0 Å². The molecule has 0 aromatic carbocycles. The number of carbonyl (C=O) groups excluding carboxylic acids is 2. The van der Waals surface area contributed by atoms with Crippen molar-refractivity contribution in [3.8, 4) is 0 Å². The molecule has 0 radical (unpaired) electrons. The Morgan fingerprint density at radius 2 is 2.18 bits per heavy atom. The number of thiazole rings is 1. The predicted octanol–water partition coefficient (Wildman–Crippen LogP) is 2.45. The molecule has 0 fully saturated rings. The molecule has 22 heavy (non-hydrogen) atoms. The Labute approximate surface area is 133 Å². The maximum atomic E-state index is 12.0. The van der Waals surface area contributed by atoms with Gasteiger partial charge in [-0.2, -0.15) is 0 Å². The third-order valence-corrected chi connectivity index (χ3v) is 3.51. The standard InChI is InChI=1S/C15H18N4O2S/c1-10(2)6-13(20)19-15-18-12(9-22-15)14(21)17-8-11-4-3-5-16-7-11/h3-5,7,9-10H,6,8H2,1-2H3,(H,17,21)(H,18,19,20). The van der Waals surface area contributed by atoms with Crippen molar-refractivity contribution in [2.45, 2.75) is 26.8 Å². The Hall–Kier alpha value is -2.28. The number of pyridine rings is 1. The molecule has 0 aliphatic heterocycles. The smallest absolute Gasteiger partial charge is 0.271 e. The Morgan fingerprint density at radius 3 is 2.86 bits per heavy atom. The van der Waals surface area contributed by atoms with Crippen LogP contribution in [0.5, 0.6) is 0 Å². The monoisotopic (exact) mass is 318 g/mol. The molecule has 116 valence electrons. The van der Waals surface area contributed by atoms with Crippen molar-refractivity contribution in [1.29, 1.82) is 0 Å². The molecule has 2 rings (SSSR count). The number of rotatable bonds is 6. The van der Waals surface area contributed by atoms with Crippen molar-refractivity contribution in [2.24, 2.45) is 5.92 Å². The summed E-state index contributed by atoms with van der Waals surface area (Å²) in [5, 5.41) is 7.54. The van der Waals surface area contributed by atoms with E-state index in [1.165, 1.54) is 11.3 Å². The van der Waals surface area contributed by atoms with Crippen LogP contribution in [0.3, 0.4) is 0 Å². The largest absolute Gasteiger partial charge is 0.347 e. The molecule has 2 heterocycles. The minimum Gasteiger partial charge on any atom is -0.347 e. The predicted molar refractivity (Wildman–Crippen MR) is 85.6 cm³/mol. The van der Waals surface area contributed by atoms with Gasteiger partial charge in [0.1, 0.15) is 5.69 Å². The molecule has 6 nitrogen and oxygen atoms in total. The van der Waals surface area contributed by atoms with Gasteiger partial charge >= 0.3 is 0 Å². The quantitative estimate of drug-likeness (QED) is 0.857. The SMILES string of the molecule is CC(C)CC(=O)Nc1nc(C(=O)NCc2cccnc2)cs1. The first-order chi connectivity index (χ1) is 10.5. The van der Waals surface area contributed by atoms with E-state index in [0.717, 1.165) is 5.56 Å². The van der Waals surface area contributed by atoms with Crippen molar-refractivity contribution in [1.82, 2.24) is 15.3 Å². The summed E-state index contributed by atoms with van der Waals surface area (Å²) in [6.45, 7) is 4.33. The Bertz CT molecular complexity index is 640. The molecule has 0 aliphatic carbocycles.